The van der Waals surface area contributed by atoms with Crippen LogP contribution in [0.25, 0.3) is 0 Å². The molecule has 2 N–H and O–H groups in total. The summed E-state index contributed by atoms with van der Waals surface area (Å²) in [6.07, 6.45) is 0.852. The van der Waals surface area contributed by atoms with Crippen molar-refractivity contribution in [2.75, 3.05) is 18.5 Å². The topological polar surface area (TPSA) is 50.4 Å². The lowest BCUT2D eigenvalue weighted by molar-refractivity contribution is -0.120. The minimum atomic E-state index is -0.0293. The number of nitrogens with one attached hydrogen (secondary N) is 2. The van der Waals surface area contributed by atoms with Crippen molar-refractivity contribution in [3.8, 4) is 5.75 Å². The monoisotopic (exact) mass is 338 g/mol. The van der Waals surface area contributed by atoms with E-state index in [2.05, 4.69) is 24.1 Å². The van der Waals surface area contributed by atoms with Gasteiger partial charge in [-0.25, -0.2) is 0 Å². The van der Waals surface area contributed by atoms with E-state index in [0.717, 1.165) is 29.0 Å². The zero-order valence-corrected chi connectivity index (χ0v) is 14.9. The summed E-state index contributed by atoms with van der Waals surface area (Å²) in [5.41, 5.74) is 2.98. The number of hydrogen-bond acceptors (Lipinski definition) is 3. The van der Waals surface area contributed by atoms with Gasteiger partial charge in [-0.2, -0.15) is 0 Å². The van der Waals surface area contributed by atoms with Crippen molar-refractivity contribution >= 4 is 11.6 Å². The Labute approximate surface area is 149 Å². The van der Waals surface area contributed by atoms with Gasteiger partial charge >= 0.3 is 0 Å². The fourth-order valence-electron chi connectivity index (χ4n) is 2.41. The highest BCUT2D eigenvalue weighted by Gasteiger charge is 2.12. The Balaban J connectivity index is 1.82. The summed E-state index contributed by atoms with van der Waals surface area (Å²) in [6, 6.07) is 17.6. The van der Waals surface area contributed by atoms with E-state index < -0.39 is 0 Å². The molecular weight excluding hydrogens is 312 g/mol. The number of amides is 1. The highest BCUT2D eigenvalue weighted by Crippen LogP contribution is 2.17. The van der Waals surface area contributed by atoms with Crippen molar-refractivity contribution in [1.82, 2.24) is 5.32 Å². The van der Waals surface area contributed by atoms with Gasteiger partial charge in [-0.3, -0.25) is 4.79 Å². The third-order valence-corrected chi connectivity index (χ3v) is 3.74. The molecule has 0 fully saturated rings. The third-order valence-electron chi connectivity index (χ3n) is 3.74. The molecule has 2 rings (SSSR count). The number of carbonyl (C=O) groups excluding carboxylic acids is 1. The average molecular weight is 338 g/mol. The second kappa shape index (κ2) is 9.52. The predicted octanol–water partition coefficient (Wildman–Crippen LogP) is 4.32. The molecule has 0 heterocycles. The molecule has 0 aliphatic heterocycles. The molecule has 4 heteroatoms. The van der Waals surface area contributed by atoms with Crippen molar-refractivity contribution in [3.63, 3.8) is 0 Å². The second-order valence-corrected chi connectivity index (χ2v) is 6.06. The normalized spacial score (nSPS) is 11.4. The summed E-state index contributed by atoms with van der Waals surface area (Å²) in [7, 11) is 0. The highest BCUT2D eigenvalue weighted by atomic mass is 16.5. The maximum Gasteiger partial charge on any atom is 0.239 e. The van der Waals surface area contributed by atoms with Gasteiger partial charge in [0.15, 0.2) is 0 Å². The molecule has 25 heavy (non-hydrogen) atoms. The van der Waals surface area contributed by atoms with E-state index in [-0.39, 0.29) is 18.5 Å². The molecule has 2 aromatic rings. The number of anilines is 1. The maximum absolute atomic E-state index is 12.2. The summed E-state index contributed by atoms with van der Waals surface area (Å²) in [4.78, 5) is 12.2. The largest absolute Gasteiger partial charge is 0.489 e. The molecular formula is C21H26N2O2. The number of carbonyl (C=O) groups is 1. The van der Waals surface area contributed by atoms with Crippen LogP contribution < -0.4 is 15.4 Å². The van der Waals surface area contributed by atoms with Gasteiger partial charge in [-0.05, 0) is 48.7 Å². The molecule has 0 saturated heterocycles. The fraction of sp³-hybridized carbons (Fsp3) is 0.286. The van der Waals surface area contributed by atoms with Gasteiger partial charge in [0, 0.05) is 5.69 Å². The number of rotatable bonds is 9. The Kier molecular flexibility index (Phi) is 7.08. The SMILES string of the molecule is C=C(C)COc1ccc(NCC(=O)NC(CC)c2ccccc2)cc1. The molecule has 4 nitrogen and oxygen atoms in total. The summed E-state index contributed by atoms with van der Waals surface area (Å²) in [5.74, 6) is 0.756. The number of hydrogen-bond donors (Lipinski definition) is 2. The molecule has 1 unspecified atom stereocenters. The van der Waals surface area contributed by atoms with Crippen LogP contribution in [0.1, 0.15) is 31.9 Å². The van der Waals surface area contributed by atoms with E-state index in [0.29, 0.717) is 6.61 Å². The van der Waals surface area contributed by atoms with Crippen LogP contribution in [0.4, 0.5) is 5.69 Å². The molecule has 0 radical (unpaired) electrons. The Morgan fingerprint density at radius 2 is 1.80 bits per heavy atom. The molecule has 0 aliphatic carbocycles. The van der Waals surface area contributed by atoms with Crippen LogP contribution in [0.5, 0.6) is 5.75 Å². The van der Waals surface area contributed by atoms with Crippen molar-refractivity contribution in [2.45, 2.75) is 26.3 Å². The van der Waals surface area contributed by atoms with Crippen LogP contribution in [0, 0.1) is 0 Å². The summed E-state index contributed by atoms with van der Waals surface area (Å²) in [6.45, 7) is 8.53. The van der Waals surface area contributed by atoms with Crippen LogP contribution in [-0.4, -0.2) is 19.1 Å². The van der Waals surface area contributed by atoms with E-state index in [1.165, 1.54) is 0 Å². The smallest absolute Gasteiger partial charge is 0.239 e. The van der Waals surface area contributed by atoms with E-state index in [1.807, 2.05) is 61.5 Å². The van der Waals surface area contributed by atoms with Crippen LogP contribution >= 0.6 is 0 Å². The van der Waals surface area contributed by atoms with Crippen molar-refractivity contribution in [2.24, 2.45) is 0 Å². The molecule has 0 aromatic heterocycles. The molecule has 0 spiro atoms. The van der Waals surface area contributed by atoms with Crippen LogP contribution in [-0.2, 0) is 4.79 Å². The Morgan fingerprint density at radius 1 is 1.12 bits per heavy atom. The summed E-state index contributed by atoms with van der Waals surface area (Å²) < 4.78 is 5.56. The molecule has 0 aliphatic rings. The van der Waals surface area contributed by atoms with Crippen molar-refractivity contribution < 1.29 is 9.53 Å². The van der Waals surface area contributed by atoms with Crippen LogP contribution in [0.15, 0.2) is 66.7 Å². The maximum atomic E-state index is 12.2. The lowest BCUT2D eigenvalue weighted by atomic mass is 10.0. The van der Waals surface area contributed by atoms with Gasteiger partial charge in [0.1, 0.15) is 12.4 Å². The van der Waals surface area contributed by atoms with Gasteiger partial charge in [-0.1, -0.05) is 43.8 Å². The van der Waals surface area contributed by atoms with Gasteiger partial charge in [0.2, 0.25) is 5.91 Å². The molecule has 0 bridgehead atoms. The minimum Gasteiger partial charge on any atom is -0.489 e. The van der Waals surface area contributed by atoms with E-state index in [9.17, 15) is 4.79 Å². The van der Waals surface area contributed by atoms with Crippen LogP contribution in [0.2, 0.25) is 0 Å². The first-order valence-electron chi connectivity index (χ1n) is 8.54. The Bertz CT molecular complexity index is 681. The zero-order chi connectivity index (χ0) is 18.1. The minimum absolute atomic E-state index is 0.0293. The first-order chi connectivity index (χ1) is 12.1. The average Bonchev–Trinajstić information content (AvgIpc) is 2.64. The Morgan fingerprint density at radius 3 is 2.40 bits per heavy atom. The second-order valence-electron chi connectivity index (χ2n) is 6.06. The highest BCUT2D eigenvalue weighted by molar-refractivity contribution is 5.81. The fourth-order valence-corrected chi connectivity index (χ4v) is 2.41. The van der Waals surface area contributed by atoms with Gasteiger partial charge in [0.05, 0.1) is 12.6 Å². The third kappa shape index (κ3) is 6.34. The molecule has 132 valence electrons. The lowest BCUT2D eigenvalue weighted by Gasteiger charge is -2.18. The number of ether oxygens (including phenoxy) is 1. The van der Waals surface area contributed by atoms with E-state index >= 15 is 0 Å². The van der Waals surface area contributed by atoms with E-state index in [4.69, 9.17) is 4.74 Å². The first-order valence-corrected chi connectivity index (χ1v) is 8.54. The molecule has 1 atom stereocenters. The quantitative estimate of drug-likeness (QED) is 0.670. The molecule has 1 amide bonds. The van der Waals surface area contributed by atoms with Gasteiger partial charge in [0.25, 0.3) is 0 Å². The van der Waals surface area contributed by atoms with Crippen LogP contribution in [0.3, 0.4) is 0 Å². The lowest BCUT2D eigenvalue weighted by Crippen LogP contribution is -2.33. The van der Waals surface area contributed by atoms with Crippen molar-refractivity contribution in [1.29, 1.82) is 0 Å². The predicted molar refractivity (Wildman–Crippen MR) is 103 cm³/mol. The zero-order valence-electron chi connectivity index (χ0n) is 14.9. The van der Waals surface area contributed by atoms with Gasteiger partial charge in [-0.15, -0.1) is 0 Å². The van der Waals surface area contributed by atoms with Crippen molar-refractivity contribution in [3.05, 3.63) is 72.3 Å². The first kappa shape index (κ1) is 18.6. The van der Waals surface area contributed by atoms with E-state index in [1.54, 1.807) is 0 Å². The molecule has 2 aromatic carbocycles. The molecule has 0 saturated carbocycles. The Hall–Kier alpha value is -2.75. The standard InChI is InChI=1S/C21H26N2O2/c1-4-20(17-8-6-5-7-9-17)23-21(24)14-22-18-10-12-19(13-11-18)25-15-16(2)3/h5-13,20,22H,2,4,14-15H2,1,3H3,(H,23,24). The van der Waals surface area contributed by atoms with Gasteiger partial charge < -0.3 is 15.4 Å². The summed E-state index contributed by atoms with van der Waals surface area (Å²) in [5, 5.41) is 6.19. The summed E-state index contributed by atoms with van der Waals surface area (Å²) >= 11 is 0. The number of benzene rings is 2.